The maximum Gasteiger partial charge on any atom is 0.164 e. The molecule has 2 heterocycles. The van der Waals surface area contributed by atoms with Crippen LogP contribution in [0, 0.1) is 0 Å². The van der Waals surface area contributed by atoms with Crippen LogP contribution in [-0.4, -0.2) is 15.0 Å². The predicted molar refractivity (Wildman–Crippen MR) is 191 cm³/mol. The van der Waals surface area contributed by atoms with E-state index in [0.29, 0.717) is 17.5 Å². The van der Waals surface area contributed by atoms with E-state index in [1.54, 1.807) is 0 Å². The summed E-state index contributed by atoms with van der Waals surface area (Å²) in [5, 5.41) is 4.53. The van der Waals surface area contributed by atoms with E-state index < -0.39 is 0 Å². The zero-order valence-electron chi connectivity index (χ0n) is 25.2. The van der Waals surface area contributed by atoms with Gasteiger partial charge in [0.15, 0.2) is 17.5 Å². The minimum atomic E-state index is 0.607. The van der Waals surface area contributed by atoms with E-state index in [0.717, 1.165) is 44.0 Å². The second kappa shape index (κ2) is 10.1. The molecule has 0 atom stereocenters. The van der Waals surface area contributed by atoms with Crippen LogP contribution in [0.2, 0.25) is 0 Å². The Bertz CT molecular complexity index is 2680. The minimum Gasteiger partial charge on any atom is -0.456 e. The third-order valence-electron chi connectivity index (χ3n) is 9.29. The van der Waals surface area contributed by atoms with E-state index in [1.165, 1.54) is 38.8 Å². The predicted octanol–water partition coefficient (Wildman–Crippen LogP) is 11.2. The Hall–Kier alpha value is -6.39. The molecular formula is C43H25N3O. The van der Waals surface area contributed by atoms with Gasteiger partial charge in [0.25, 0.3) is 0 Å². The van der Waals surface area contributed by atoms with Gasteiger partial charge in [0.1, 0.15) is 11.2 Å². The first-order valence-corrected chi connectivity index (χ1v) is 15.8. The standard InChI is InChI=1S/C43H25N3O/c1-3-10-26(11-4-1)28-18-20-30-35-22-23-36(33-15-9-16-34(40(33)35)37(30)24-28)43-45-41(27-12-5-2-6-13-27)44-42(46-43)29-19-21-32-31-14-7-8-17-38(31)47-39(32)25-29/h1-25H. The molecule has 7 aromatic carbocycles. The van der Waals surface area contributed by atoms with Crippen LogP contribution in [0.1, 0.15) is 0 Å². The SMILES string of the molecule is c1ccc(-c2ccc3c(c2)-c2cccc4c(-c5nc(-c6ccccc6)nc(-c6ccc7c(c6)oc6ccccc67)n5)ccc-3c24)cc1. The quantitative estimate of drug-likeness (QED) is 0.202. The van der Waals surface area contributed by atoms with Crippen molar-refractivity contribution >= 4 is 32.7 Å². The van der Waals surface area contributed by atoms with Crippen LogP contribution < -0.4 is 0 Å². The Morgan fingerprint density at radius 1 is 0.319 bits per heavy atom. The molecule has 0 spiro atoms. The highest BCUT2D eigenvalue weighted by Crippen LogP contribution is 2.50. The van der Waals surface area contributed by atoms with Crippen LogP contribution in [0.3, 0.4) is 0 Å². The smallest absolute Gasteiger partial charge is 0.164 e. The number of benzene rings is 7. The van der Waals surface area contributed by atoms with Crippen LogP contribution in [0.5, 0.6) is 0 Å². The monoisotopic (exact) mass is 599 g/mol. The molecule has 4 nitrogen and oxygen atoms in total. The van der Waals surface area contributed by atoms with Gasteiger partial charge in [-0.05, 0) is 74.5 Å². The Balaban J connectivity index is 1.16. The molecule has 218 valence electrons. The fraction of sp³-hybridized carbons (Fsp3) is 0. The van der Waals surface area contributed by atoms with Crippen LogP contribution in [0.25, 0.3) is 100 Å². The van der Waals surface area contributed by atoms with Crippen molar-refractivity contribution in [1.82, 2.24) is 15.0 Å². The summed E-state index contributed by atoms with van der Waals surface area (Å²) in [6.45, 7) is 0. The van der Waals surface area contributed by atoms with Gasteiger partial charge in [0.05, 0.1) is 0 Å². The average Bonchev–Trinajstić information content (AvgIpc) is 3.68. The van der Waals surface area contributed by atoms with E-state index in [9.17, 15) is 0 Å². The summed E-state index contributed by atoms with van der Waals surface area (Å²) in [5.41, 5.74) is 11.9. The third-order valence-corrected chi connectivity index (χ3v) is 9.29. The van der Waals surface area contributed by atoms with Gasteiger partial charge in [-0.25, -0.2) is 15.0 Å². The molecule has 0 unspecified atom stereocenters. The molecule has 0 amide bonds. The molecule has 1 aliphatic rings. The van der Waals surface area contributed by atoms with Crippen molar-refractivity contribution in [1.29, 1.82) is 0 Å². The molecule has 0 aliphatic heterocycles. The summed E-state index contributed by atoms with van der Waals surface area (Å²) in [6, 6.07) is 52.8. The lowest BCUT2D eigenvalue weighted by molar-refractivity contribution is 0.669. The molecular weight excluding hydrogens is 574 g/mol. The molecule has 47 heavy (non-hydrogen) atoms. The van der Waals surface area contributed by atoms with Gasteiger partial charge in [0.2, 0.25) is 0 Å². The van der Waals surface area contributed by atoms with Crippen LogP contribution in [0.4, 0.5) is 0 Å². The van der Waals surface area contributed by atoms with E-state index in [2.05, 4.69) is 97.1 Å². The first-order valence-electron chi connectivity index (χ1n) is 15.8. The highest BCUT2D eigenvalue weighted by molar-refractivity contribution is 6.18. The van der Waals surface area contributed by atoms with Crippen molar-refractivity contribution in [2.75, 3.05) is 0 Å². The molecule has 0 saturated heterocycles. The number of nitrogens with zero attached hydrogens (tertiary/aromatic N) is 3. The first kappa shape index (κ1) is 25.9. The fourth-order valence-corrected chi connectivity index (χ4v) is 7.07. The van der Waals surface area contributed by atoms with Crippen LogP contribution in [0.15, 0.2) is 156 Å². The first-order chi connectivity index (χ1) is 23.3. The van der Waals surface area contributed by atoms with Gasteiger partial charge >= 0.3 is 0 Å². The molecule has 0 N–H and O–H groups in total. The van der Waals surface area contributed by atoms with Crippen molar-refractivity contribution < 1.29 is 4.42 Å². The molecule has 0 radical (unpaired) electrons. The van der Waals surface area contributed by atoms with Gasteiger partial charge in [-0.3, -0.25) is 0 Å². The fourth-order valence-electron chi connectivity index (χ4n) is 7.07. The molecule has 9 aromatic rings. The maximum absolute atomic E-state index is 6.23. The highest BCUT2D eigenvalue weighted by atomic mass is 16.3. The molecule has 1 aliphatic carbocycles. The normalized spacial score (nSPS) is 11.8. The molecule has 0 bridgehead atoms. The number of aromatic nitrogens is 3. The number of furan rings is 1. The summed E-state index contributed by atoms with van der Waals surface area (Å²) in [4.78, 5) is 15.2. The van der Waals surface area contributed by atoms with E-state index in [4.69, 9.17) is 19.4 Å². The van der Waals surface area contributed by atoms with Gasteiger partial charge < -0.3 is 4.42 Å². The van der Waals surface area contributed by atoms with E-state index >= 15 is 0 Å². The summed E-state index contributed by atoms with van der Waals surface area (Å²) in [7, 11) is 0. The lowest BCUT2D eigenvalue weighted by atomic mass is 9.97. The van der Waals surface area contributed by atoms with Gasteiger partial charge in [0, 0.05) is 27.5 Å². The largest absolute Gasteiger partial charge is 0.456 e. The Morgan fingerprint density at radius 2 is 0.936 bits per heavy atom. The zero-order chi connectivity index (χ0) is 30.9. The number of fused-ring (bicyclic) bond motifs is 6. The zero-order valence-corrected chi connectivity index (χ0v) is 25.2. The molecule has 0 saturated carbocycles. The summed E-state index contributed by atoms with van der Waals surface area (Å²) < 4.78 is 6.23. The number of para-hydroxylation sites is 1. The highest BCUT2D eigenvalue weighted by Gasteiger charge is 2.24. The van der Waals surface area contributed by atoms with Crippen molar-refractivity contribution in [2.45, 2.75) is 0 Å². The summed E-state index contributed by atoms with van der Waals surface area (Å²) >= 11 is 0. The average molecular weight is 600 g/mol. The van der Waals surface area contributed by atoms with Crippen molar-refractivity contribution in [2.24, 2.45) is 0 Å². The summed E-state index contributed by atoms with van der Waals surface area (Å²) in [5.74, 6) is 1.88. The van der Waals surface area contributed by atoms with Gasteiger partial charge in [-0.2, -0.15) is 0 Å². The van der Waals surface area contributed by atoms with Crippen molar-refractivity contribution in [3.63, 3.8) is 0 Å². The third kappa shape index (κ3) is 4.05. The molecule has 2 aromatic heterocycles. The minimum absolute atomic E-state index is 0.607. The summed E-state index contributed by atoms with van der Waals surface area (Å²) in [6.07, 6.45) is 0. The second-order valence-electron chi connectivity index (χ2n) is 12.0. The molecule has 0 fully saturated rings. The lowest BCUT2D eigenvalue weighted by Gasteiger charge is -2.11. The van der Waals surface area contributed by atoms with Gasteiger partial charge in [-0.1, -0.05) is 121 Å². The number of hydrogen-bond donors (Lipinski definition) is 0. The Kier molecular flexibility index (Phi) is 5.54. The maximum atomic E-state index is 6.23. The second-order valence-corrected chi connectivity index (χ2v) is 12.0. The number of rotatable bonds is 4. The van der Waals surface area contributed by atoms with Gasteiger partial charge in [-0.15, -0.1) is 0 Å². The van der Waals surface area contributed by atoms with Crippen LogP contribution in [-0.2, 0) is 0 Å². The van der Waals surface area contributed by atoms with Crippen molar-refractivity contribution in [3.05, 3.63) is 152 Å². The lowest BCUT2D eigenvalue weighted by Crippen LogP contribution is -2.00. The molecule has 4 heteroatoms. The Labute approximate surface area is 270 Å². The van der Waals surface area contributed by atoms with E-state index in [1.807, 2.05) is 54.6 Å². The number of hydrogen-bond acceptors (Lipinski definition) is 4. The van der Waals surface area contributed by atoms with Crippen molar-refractivity contribution in [3.8, 4) is 67.5 Å². The van der Waals surface area contributed by atoms with E-state index in [-0.39, 0.29) is 0 Å². The topological polar surface area (TPSA) is 51.8 Å². The molecule has 10 rings (SSSR count). The van der Waals surface area contributed by atoms with Crippen LogP contribution >= 0.6 is 0 Å². The Morgan fingerprint density at radius 3 is 1.79 bits per heavy atom.